The van der Waals surface area contributed by atoms with E-state index in [9.17, 15) is 0 Å². The second-order valence-electron chi connectivity index (χ2n) is 6.93. The molecule has 0 aromatic heterocycles. The Morgan fingerprint density at radius 2 is 1.82 bits per heavy atom. The maximum Gasteiger partial charge on any atom is 0.236 e. The van der Waals surface area contributed by atoms with Crippen molar-refractivity contribution < 1.29 is 4.58 Å². The molecule has 0 saturated carbocycles. The van der Waals surface area contributed by atoms with Crippen LogP contribution in [0.2, 0.25) is 0 Å². The fourth-order valence-electron chi connectivity index (χ4n) is 3.54. The molecule has 1 fully saturated rings. The van der Waals surface area contributed by atoms with Crippen molar-refractivity contribution in [3.8, 4) is 0 Å². The first kappa shape index (κ1) is 15.7. The van der Waals surface area contributed by atoms with E-state index in [1.165, 1.54) is 42.2 Å². The fourth-order valence-corrected chi connectivity index (χ4v) is 4.33. The van der Waals surface area contributed by atoms with Crippen molar-refractivity contribution >= 4 is 16.8 Å². The molecule has 1 aromatic carbocycles. The maximum absolute atomic E-state index is 2.60. The average molecular weight is 316 g/mol. The summed E-state index contributed by atoms with van der Waals surface area (Å²) in [5.74, 6) is 0. The molecule has 2 nitrogen and oxygen atoms in total. The summed E-state index contributed by atoms with van der Waals surface area (Å²) in [6.07, 6.45) is 8.47. The first-order valence-corrected chi connectivity index (χ1v) is 9.51. The zero-order chi connectivity index (χ0) is 15.6. The standard InChI is InChI=1S/C19H27N2S/c1-19(2)14-17(20-11-7-8-12-20)13-18(22-3)21(19)15-16-9-5-4-6-10-16/h4-6,9-10,13H,7-8,11-12,14-15H2,1-3H3/q+1. The van der Waals surface area contributed by atoms with E-state index in [-0.39, 0.29) is 5.54 Å². The molecule has 0 atom stereocenters. The van der Waals surface area contributed by atoms with Crippen LogP contribution in [0.5, 0.6) is 0 Å². The van der Waals surface area contributed by atoms with Crippen LogP contribution in [0.25, 0.3) is 0 Å². The first-order valence-electron chi connectivity index (χ1n) is 8.28. The molecule has 0 unspecified atom stereocenters. The van der Waals surface area contributed by atoms with E-state index in [0.29, 0.717) is 0 Å². The normalized spacial score (nSPS) is 21.2. The van der Waals surface area contributed by atoms with Crippen LogP contribution in [-0.4, -0.2) is 39.4 Å². The second-order valence-corrected chi connectivity index (χ2v) is 7.76. The van der Waals surface area contributed by atoms with Gasteiger partial charge in [-0.15, -0.1) is 0 Å². The Balaban J connectivity index is 1.93. The van der Waals surface area contributed by atoms with E-state index < -0.39 is 0 Å². The van der Waals surface area contributed by atoms with Gasteiger partial charge in [0.1, 0.15) is 0 Å². The third-order valence-corrected chi connectivity index (χ3v) is 5.56. The quantitative estimate of drug-likeness (QED) is 0.774. The van der Waals surface area contributed by atoms with E-state index in [2.05, 4.69) is 66.0 Å². The lowest BCUT2D eigenvalue weighted by atomic mass is 9.93. The van der Waals surface area contributed by atoms with Gasteiger partial charge < -0.3 is 4.90 Å². The summed E-state index contributed by atoms with van der Waals surface area (Å²) in [4.78, 5) is 2.60. The number of hydrogen-bond acceptors (Lipinski definition) is 2. The number of rotatable bonds is 3. The molecule has 1 saturated heterocycles. The van der Waals surface area contributed by atoms with Gasteiger partial charge in [-0.1, -0.05) is 42.1 Å². The van der Waals surface area contributed by atoms with E-state index in [0.717, 1.165) is 13.0 Å². The van der Waals surface area contributed by atoms with Gasteiger partial charge in [-0.2, -0.15) is 0 Å². The lowest BCUT2D eigenvalue weighted by Crippen LogP contribution is -2.44. The minimum atomic E-state index is 0.168. The summed E-state index contributed by atoms with van der Waals surface area (Å²) >= 11 is 1.88. The third kappa shape index (κ3) is 3.24. The van der Waals surface area contributed by atoms with Crippen LogP contribution in [-0.2, 0) is 6.54 Å². The zero-order valence-corrected chi connectivity index (χ0v) is 14.8. The highest BCUT2D eigenvalue weighted by Crippen LogP contribution is 2.32. The summed E-state index contributed by atoms with van der Waals surface area (Å²) in [7, 11) is 0. The highest BCUT2D eigenvalue weighted by molar-refractivity contribution is 8.13. The van der Waals surface area contributed by atoms with Crippen molar-refractivity contribution in [1.82, 2.24) is 4.90 Å². The molecule has 2 aliphatic heterocycles. The van der Waals surface area contributed by atoms with Crippen molar-refractivity contribution in [2.75, 3.05) is 19.3 Å². The van der Waals surface area contributed by atoms with Gasteiger partial charge in [0.05, 0.1) is 6.42 Å². The smallest absolute Gasteiger partial charge is 0.236 e. The number of nitrogens with zero attached hydrogens (tertiary/aromatic N) is 2. The molecule has 2 heterocycles. The van der Waals surface area contributed by atoms with Gasteiger partial charge >= 0.3 is 0 Å². The summed E-state index contributed by atoms with van der Waals surface area (Å²) < 4.78 is 2.58. The molecular formula is C19H27N2S+. The summed E-state index contributed by atoms with van der Waals surface area (Å²) in [5, 5.41) is 1.40. The van der Waals surface area contributed by atoms with Crippen LogP contribution in [0.15, 0.2) is 42.1 Å². The van der Waals surface area contributed by atoms with Crippen molar-refractivity contribution in [3.63, 3.8) is 0 Å². The Bertz CT molecular complexity index is 581. The third-order valence-electron chi connectivity index (χ3n) is 4.81. The van der Waals surface area contributed by atoms with Gasteiger partial charge in [0.15, 0.2) is 12.1 Å². The first-order chi connectivity index (χ1) is 10.6. The highest BCUT2D eigenvalue weighted by atomic mass is 32.2. The molecular weight excluding hydrogens is 288 g/mol. The van der Waals surface area contributed by atoms with Crippen molar-refractivity contribution in [2.24, 2.45) is 0 Å². The van der Waals surface area contributed by atoms with E-state index >= 15 is 0 Å². The lowest BCUT2D eigenvalue weighted by molar-refractivity contribution is -0.614. The second kappa shape index (κ2) is 6.49. The number of hydrogen-bond donors (Lipinski definition) is 0. The van der Waals surface area contributed by atoms with Gasteiger partial charge in [0, 0.05) is 44.3 Å². The summed E-state index contributed by atoms with van der Waals surface area (Å²) in [6, 6.07) is 10.8. The fraction of sp³-hybridized carbons (Fsp3) is 0.526. The summed E-state index contributed by atoms with van der Waals surface area (Å²) in [5.41, 5.74) is 3.09. The Labute approximate surface area is 138 Å². The van der Waals surface area contributed by atoms with Gasteiger partial charge in [-0.05, 0) is 19.1 Å². The largest absolute Gasteiger partial charge is 0.374 e. The molecule has 0 N–H and O–H groups in total. The van der Waals surface area contributed by atoms with Crippen LogP contribution in [0.1, 0.15) is 38.7 Å². The van der Waals surface area contributed by atoms with Crippen molar-refractivity contribution in [3.05, 3.63) is 47.7 Å². The van der Waals surface area contributed by atoms with Crippen LogP contribution in [0.4, 0.5) is 0 Å². The van der Waals surface area contributed by atoms with Crippen molar-refractivity contribution in [2.45, 2.75) is 45.2 Å². The van der Waals surface area contributed by atoms with Crippen LogP contribution in [0.3, 0.4) is 0 Å². The van der Waals surface area contributed by atoms with E-state index in [1.807, 2.05) is 11.8 Å². The van der Waals surface area contributed by atoms with Gasteiger partial charge in [-0.3, -0.25) is 0 Å². The molecule has 0 bridgehead atoms. The SMILES string of the molecule is CSC1=[N+](Cc2ccccc2)C(C)(C)CC(N2CCCC2)=C1. The Morgan fingerprint density at radius 3 is 2.45 bits per heavy atom. The Hall–Kier alpha value is -1.22. The highest BCUT2D eigenvalue weighted by Gasteiger charge is 2.39. The minimum absolute atomic E-state index is 0.168. The number of benzene rings is 1. The molecule has 3 heteroatoms. The molecule has 0 spiro atoms. The van der Waals surface area contributed by atoms with Crippen LogP contribution in [0, 0.1) is 0 Å². The molecule has 2 aliphatic rings. The van der Waals surface area contributed by atoms with E-state index in [1.54, 1.807) is 0 Å². The maximum atomic E-state index is 2.60. The topological polar surface area (TPSA) is 6.25 Å². The van der Waals surface area contributed by atoms with Gasteiger partial charge in [-0.25, -0.2) is 4.58 Å². The lowest BCUT2D eigenvalue weighted by Gasteiger charge is -2.33. The predicted molar refractivity (Wildman–Crippen MR) is 96.5 cm³/mol. The molecule has 1 aromatic rings. The monoisotopic (exact) mass is 315 g/mol. The molecule has 0 aliphatic carbocycles. The molecule has 3 rings (SSSR count). The van der Waals surface area contributed by atoms with Crippen LogP contribution < -0.4 is 0 Å². The molecule has 118 valence electrons. The van der Waals surface area contributed by atoms with Gasteiger partial charge in [0.2, 0.25) is 5.04 Å². The number of thioether (sulfide) groups is 1. The minimum Gasteiger partial charge on any atom is -0.374 e. The predicted octanol–water partition coefficient (Wildman–Crippen LogP) is 4.12. The molecule has 0 amide bonds. The number of likely N-dealkylation sites (tertiary alicyclic amines) is 1. The average Bonchev–Trinajstić information content (AvgIpc) is 3.04. The van der Waals surface area contributed by atoms with Crippen molar-refractivity contribution in [1.29, 1.82) is 0 Å². The Morgan fingerprint density at radius 1 is 1.14 bits per heavy atom. The summed E-state index contributed by atoms with van der Waals surface area (Å²) in [6.45, 7) is 8.24. The zero-order valence-electron chi connectivity index (χ0n) is 14.0. The van der Waals surface area contributed by atoms with Gasteiger partial charge in [0.25, 0.3) is 0 Å². The molecule has 0 radical (unpaired) electrons. The van der Waals surface area contributed by atoms with E-state index in [4.69, 9.17) is 0 Å². The molecule has 22 heavy (non-hydrogen) atoms. The van der Waals surface area contributed by atoms with Crippen LogP contribution >= 0.6 is 11.8 Å². The Kier molecular flexibility index (Phi) is 4.62.